The van der Waals surface area contributed by atoms with Gasteiger partial charge >= 0.3 is 0 Å². The fourth-order valence-corrected chi connectivity index (χ4v) is 2.84. The summed E-state index contributed by atoms with van der Waals surface area (Å²) in [5.74, 6) is 1.01. The number of benzene rings is 2. The number of carbonyl (C=O) groups is 1. The van der Waals surface area contributed by atoms with Crippen LogP contribution >= 0.6 is 0 Å². The van der Waals surface area contributed by atoms with E-state index in [1.165, 1.54) is 19.3 Å². The van der Waals surface area contributed by atoms with Gasteiger partial charge in [0.1, 0.15) is 5.75 Å². The summed E-state index contributed by atoms with van der Waals surface area (Å²) in [5, 5.41) is 3.41. The summed E-state index contributed by atoms with van der Waals surface area (Å²) < 4.78 is 5.80. The molecule has 0 radical (unpaired) electrons. The molecule has 3 heteroatoms. The standard InChI is InChI=1S/C24H31NO2/c1-2-3-17-25-18-9-4-5-10-19-27-23-15-13-21(14-16-23)20-24(26)22-11-7-6-8-12-22/h2,6-8,11-16,25H,1,3-5,9-10,17-20H2. The predicted molar refractivity (Wildman–Crippen MR) is 113 cm³/mol. The van der Waals surface area contributed by atoms with Gasteiger partial charge in [0.25, 0.3) is 0 Å². The van der Waals surface area contributed by atoms with E-state index in [1.54, 1.807) is 0 Å². The Balaban J connectivity index is 1.58. The van der Waals surface area contributed by atoms with E-state index in [2.05, 4.69) is 11.9 Å². The molecule has 0 spiro atoms. The molecule has 0 heterocycles. The van der Waals surface area contributed by atoms with Gasteiger partial charge in [-0.05, 0) is 50.0 Å². The van der Waals surface area contributed by atoms with Crippen LogP contribution in [0, 0.1) is 0 Å². The normalized spacial score (nSPS) is 10.5. The Morgan fingerprint density at radius 1 is 0.926 bits per heavy atom. The first kappa shape index (κ1) is 20.9. The molecular weight excluding hydrogens is 334 g/mol. The lowest BCUT2D eigenvalue weighted by atomic mass is 10.0. The van der Waals surface area contributed by atoms with E-state index in [0.717, 1.165) is 49.4 Å². The van der Waals surface area contributed by atoms with Crippen molar-refractivity contribution in [2.75, 3.05) is 19.7 Å². The third-order valence-corrected chi connectivity index (χ3v) is 4.43. The summed E-state index contributed by atoms with van der Waals surface area (Å²) in [5.41, 5.74) is 1.77. The van der Waals surface area contributed by atoms with E-state index >= 15 is 0 Å². The number of carbonyl (C=O) groups excluding carboxylic acids is 1. The summed E-state index contributed by atoms with van der Waals surface area (Å²) in [6.07, 6.45) is 8.09. The number of Topliss-reactive ketones (excluding diaryl/α,β-unsaturated/α-hetero) is 1. The maximum Gasteiger partial charge on any atom is 0.167 e. The second-order valence-corrected chi connectivity index (χ2v) is 6.70. The van der Waals surface area contributed by atoms with Crippen LogP contribution in [0.3, 0.4) is 0 Å². The van der Waals surface area contributed by atoms with Crippen LogP contribution in [-0.4, -0.2) is 25.5 Å². The molecule has 0 atom stereocenters. The smallest absolute Gasteiger partial charge is 0.167 e. The lowest BCUT2D eigenvalue weighted by Gasteiger charge is -2.08. The average molecular weight is 366 g/mol. The van der Waals surface area contributed by atoms with Crippen molar-refractivity contribution in [1.82, 2.24) is 5.32 Å². The van der Waals surface area contributed by atoms with E-state index in [4.69, 9.17) is 4.74 Å². The molecule has 0 unspecified atom stereocenters. The molecule has 1 N–H and O–H groups in total. The zero-order valence-corrected chi connectivity index (χ0v) is 16.2. The zero-order chi connectivity index (χ0) is 19.2. The third-order valence-electron chi connectivity index (χ3n) is 4.43. The molecule has 0 bridgehead atoms. The molecule has 0 amide bonds. The van der Waals surface area contributed by atoms with Crippen LogP contribution in [0.15, 0.2) is 67.3 Å². The summed E-state index contributed by atoms with van der Waals surface area (Å²) in [6.45, 7) is 6.57. The van der Waals surface area contributed by atoms with Gasteiger partial charge in [0.15, 0.2) is 5.78 Å². The minimum absolute atomic E-state index is 0.142. The molecule has 0 saturated carbocycles. The lowest BCUT2D eigenvalue weighted by molar-refractivity contribution is 0.0993. The molecule has 0 saturated heterocycles. The summed E-state index contributed by atoms with van der Waals surface area (Å²) in [7, 11) is 0. The van der Waals surface area contributed by atoms with E-state index in [1.807, 2.05) is 60.7 Å². The average Bonchev–Trinajstić information content (AvgIpc) is 2.71. The molecule has 0 aromatic heterocycles. The molecule has 27 heavy (non-hydrogen) atoms. The Bertz CT molecular complexity index is 665. The molecule has 144 valence electrons. The van der Waals surface area contributed by atoms with Crippen molar-refractivity contribution >= 4 is 5.78 Å². The van der Waals surface area contributed by atoms with Crippen molar-refractivity contribution < 1.29 is 9.53 Å². The number of rotatable bonds is 14. The SMILES string of the molecule is C=CCCNCCCCCCOc1ccc(CC(=O)c2ccccc2)cc1. The monoisotopic (exact) mass is 365 g/mol. The van der Waals surface area contributed by atoms with Crippen molar-refractivity contribution in [3.05, 3.63) is 78.4 Å². The molecular formula is C24H31NO2. The molecule has 2 aromatic carbocycles. The van der Waals surface area contributed by atoms with Crippen LogP contribution in [0.25, 0.3) is 0 Å². The molecule has 0 aliphatic heterocycles. The van der Waals surface area contributed by atoms with Crippen LogP contribution in [-0.2, 0) is 6.42 Å². The van der Waals surface area contributed by atoms with Crippen LogP contribution in [0.2, 0.25) is 0 Å². The van der Waals surface area contributed by atoms with Gasteiger partial charge in [-0.2, -0.15) is 0 Å². The second-order valence-electron chi connectivity index (χ2n) is 6.70. The molecule has 0 aliphatic rings. The summed E-state index contributed by atoms with van der Waals surface area (Å²) in [6, 6.07) is 17.3. The quantitative estimate of drug-likeness (QED) is 0.283. The van der Waals surface area contributed by atoms with Gasteiger partial charge in [-0.1, -0.05) is 61.4 Å². The van der Waals surface area contributed by atoms with Crippen molar-refractivity contribution in [1.29, 1.82) is 0 Å². The first-order chi connectivity index (χ1) is 13.3. The number of hydrogen-bond donors (Lipinski definition) is 1. The van der Waals surface area contributed by atoms with E-state index in [-0.39, 0.29) is 5.78 Å². The van der Waals surface area contributed by atoms with Crippen LogP contribution in [0.4, 0.5) is 0 Å². The van der Waals surface area contributed by atoms with Gasteiger partial charge in [0, 0.05) is 12.0 Å². The maximum absolute atomic E-state index is 12.2. The van der Waals surface area contributed by atoms with Gasteiger partial charge in [-0.3, -0.25) is 4.79 Å². The number of ketones is 1. The Morgan fingerprint density at radius 2 is 1.67 bits per heavy atom. The fraction of sp³-hybridized carbons (Fsp3) is 0.375. The third kappa shape index (κ3) is 8.69. The van der Waals surface area contributed by atoms with Crippen molar-refractivity contribution in [2.24, 2.45) is 0 Å². The maximum atomic E-state index is 12.2. The fourth-order valence-electron chi connectivity index (χ4n) is 2.84. The minimum atomic E-state index is 0.142. The molecule has 3 nitrogen and oxygen atoms in total. The number of ether oxygens (including phenoxy) is 1. The highest BCUT2D eigenvalue weighted by molar-refractivity contribution is 5.97. The number of nitrogens with one attached hydrogen (secondary N) is 1. The minimum Gasteiger partial charge on any atom is -0.494 e. The van der Waals surface area contributed by atoms with Gasteiger partial charge in [-0.15, -0.1) is 6.58 Å². The summed E-state index contributed by atoms with van der Waals surface area (Å²) in [4.78, 5) is 12.2. The van der Waals surface area contributed by atoms with Crippen LogP contribution in [0.1, 0.15) is 48.0 Å². The van der Waals surface area contributed by atoms with Gasteiger partial charge in [-0.25, -0.2) is 0 Å². The van der Waals surface area contributed by atoms with Gasteiger partial charge < -0.3 is 10.1 Å². The van der Waals surface area contributed by atoms with Crippen LogP contribution < -0.4 is 10.1 Å². The lowest BCUT2D eigenvalue weighted by Crippen LogP contribution is -2.15. The van der Waals surface area contributed by atoms with Gasteiger partial charge in [0.2, 0.25) is 0 Å². The Kier molecular flexibility index (Phi) is 9.98. The molecule has 2 rings (SSSR count). The van der Waals surface area contributed by atoms with Crippen molar-refractivity contribution in [2.45, 2.75) is 38.5 Å². The van der Waals surface area contributed by atoms with E-state index in [9.17, 15) is 4.79 Å². The van der Waals surface area contributed by atoms with Crippen molar-refractivity contribution in [3.8, 4) is 5.75 Å². The van der Waals surface area contributed by atoms with E-state index in [0.29, 0.717) is 6.42 Å². The predicted octanol–water partition coefficient (Wildman–Crippen LogP) is 5.22. The highest BCUT2D eigenvalue weighted by Gasteiger charge is 2.06. The largest absolute Gasteiger partial charge is 0.494 e. The number of unbranched alkanes of at least 4 members (excludes halogenated alkanes) is 3. The van der Waals surface area contributed by atoms with Crippen molar-refractivity contribution in [3.63, 3.8) is 0 Å². The highest BCUT2D eigenvalue weighted by atomic mass is 16.5. The zero-order valence-electron chi connectivity index (χ0n) is 16.2. The molecule has 0 aliphatic carbocycles. The Morgan fingerprint density at radius 3 is 2.41 bits per heavy atom. The first-order valence-corrected chi connectivity index (χ1v) is 9.91. The number of hydrogen-bond acceptors (Lipinski definition) is 3. The Hall–Kier alpha value is -2.39. The Labute approximate surface area is 163 Å². The van der Waals surface area contributed by atoms with E-state index < -0.39 is 0 Å². The first-order valence-electron chi connectivity index (χ1n) is 9.91. The molecule has 0 fully saturated rings. The topological polar surface area (TPSA) is 38.3 Å². The summed E-state index contributed by atoms with van der Waals surface area (Å²) >= 11 is 0. The van der Waals surface area contributed by atoms with Gasteiger partial charge in [0.05, 0.1) is 6.61 Å². The van der Waals surface area contributed by atoms with Crippen LogP contribution in [0.5, 0.6) is 5.75 Å². The second kappa shape index (κ2) is 12.9. The molecule has 2 aromatic rings. The highest BCUT2D eigenvalue weighted by Crippen LogP contribution is 2.15.